The first-order chi connectivity index (χ1) is 6.61. The maximum Gasteiger partial charge on any atom is 0.306 e. The maximum atomic E-state index is 10.9. The fourth-order valence-electron chi connectivity index (χ4n) is 1.82. The lowest BCUT2D eigenvalue weighted by Gasteiger charge is -2.34. The molecule has 0 aromatic carbocycles. The van der Waals surface area contributed by atoms with Crippen LogP contribution in [0.1, 0.15) is 20.3 Å². The Labute approximate surface area is 85.2 Å². The highest BCUT2D eigenvalue weighted by atomic mass is 16.5. The van der Waals surface area contributed by atoms with Gasteiger partial charge in [-0.15, -0.1) is 0 Å². The minimum Gasteiger partial charge on any atom is -0.469 e. The Morgan fingerprint density at radius 2 is 2.00 bits per heavy atom. The van der Waals surface area contributed by atoms with E-state index in [4.69, 9.17) is 4.74 Å². The van der Waals surface area contributed by atoms with Crippen molar-refractivity contribution in [2.75, 3.05) is 26.7 Å². The summed E-state index contributed by atoms with van der Waals surface area (Å²) in [5, 5.41) is 0. The Morgan fingerprint density at radius 3 is 2.50 bits per heavy atom. The van der Waals surface area contributed by atoms with Crippen LogP contribution in [0, 0.1) is 0 Å². The van der Waals surface area contributed by atoms with E-state index in [1.54, 1.807) is 0 Å². The smallest absolute Gasteiger partial charge is 0.306 e. The van der Waals surface area contributed by atoms with Crippen LogP contribution in [0.25, 0.3) is 0 Å². The minimum absolute atomic E-state index is 0.142. The standard InChI is InChI=1S/C10H19NO3/c1-8-6-11(7-9(2)14-8)5-4-10(12)13-3/h8-9H,4-7H2,1-3H3. The molecule has 2 unspecified atom stereocenters. The summed E-state index contributed by atoms with van der Waals surface area (Å²) >= 11 is 0. The van der Waals surface area contributed by atoms with E-state index >= 15 is 0 Å². The van der Waals surface area contributed by atoms with Crippen molar-refractivity contribution in [2.24, 2.45) is 0 Å². The van der Waals surface area contributed by atoms with Crippen molar-refractivity contribution >= 4 is 5.97 Å². The highest BCUT2D eigenvalue weighted by molar-refractivity contribution is 5.69. The first-order valence-corrected chi connectivity index (χ1v) is 5.06. The quantitative estimate of drug-likeness (QED) is 0.629. The number of esters is 1. The summed E-state index contributed by atoms with van der Waals surface area (Å²) in [6.07, 6.45) is 0.989. The number of nitrogens with zero attached hydrogens (tertiary/aromatic N) is 1. The normalized spacial score (nSPS) is 28.8. The Bertz CT molecular complexity index is 186. The number of carbonyl (C=O) groups excluding carboxylic acids is 1. The number of hydrogen-bond donors (Lipinski definition) is 0. The Balaban J connectivity index is 2.26. The maximum absolute atomic E-state index is 10.9. The summed E-state index contributed by atoms with van der Waals surface area (Å²) < 4.78 is 10.2. The summed E-state index contributed by atoms with van der Waals surface area (Å²) in [6.45, 7) is 6.69. The second-order valence-corrected chi connectivity index (χ2v) is 3.84. The molecule has 0 amide bonds. The van der Waals surface area contributed by atoms with E-state index in [9.17, 15) is 4.79 Å². The first kappa shape index (κ1) is 11.5. The third kappa shape index (κ3) is 3.64. The number of rotatable bonds is 3. The van der Waals surface area contributed by atoms with Crippen molar-refractivity contribution in [3.63, 3.8) is 0 Å². The van der Waals surface area contributed by atoms with Crippen LogP contribution in [-0.2, 0) is 14.3 Å². The summed E-state index contributed by atoms with van der Waals surface area (Å²) in [6, 6.07) is 0. The molecule has 82 valence electrons. The van der Waals surface area contributed by atoms with E-state index in [2.05, 4.69) is 23.5 Å². The van der Waals surface area contributed by atoms with Crippen molar-refractivity contribution in [3.8, 4) is 0 Å². The van der Waals surface area contributed by atoms with Gasteiger partial charge in [0.25, 0.3) is 0 Å². The molecule has 4 nitrogen and oxygen atoms in total. The van der Waals surface area contributed by atoms with Crippen LogP contribution in [-0.4, -0.2) is 49.8 Å². The van der Waals surface area contributed by atoms with Gasteiger partial charge >= 0.3 is 5.97 Å². The zero-order valence-electron chi connectivity index (χ0n) is 9.16. The molecule has 0 spiro atoms. The summed E-state index contributed by atoms with van der Waals surface area (Å²) in [7, 11) is 1.42. The van der Waals surface area contributed by atoms with Crippen LogP contribution in [0.2, 0.25) is 0 Å². The van der Waals surface area contributed by atoms with E-state index < -0.39 is 0 Å². The van der Waals surface area contributed by atoms with Gasteiger partial charge in [0, 0.05) is 19.6 Å². The molecule has 0 aliphatic carbocycles. The molecule has 1 aliphatic heterocycles. The van der Waals surface area contributed by atoms with Gasteiger partial charge in [-0.05, 0) is 13.8 Å². The molecule has 1 aliphatic rings. The Hall–Kier alpha value is -0.610. The van der Waals surface area contributed by atoms with Crippen LogP contribution in [0.15, 0.2) is 0 Å². The molecule has 1 saturated heterocycles. The van der Waals surface area contributed by atoms with Gasteiger partial charge in [0.05, 0.1) is 25.7 Å². The van der Waals surface area contributed by atoms with Crippen molar-refractivity contribution in [3.05, 3.63) is 0 Å². The predicted octanol–water partition coefficient (Wildman–Crippen LogP) is 0.659. The lowest BCUT2D eigenvalue weighted by atomic mass is 10.2. The lowest BCUT2D eigenvalue weighted by molar-refractivity contribution is -0.141. The number of ether oxygens (including phenoxy) is 2. The third-order valence-electron chi connectivity index (χ3n) is 2.36. The highest BCUT2D eigenvalue weighted by Gasteiger charge is 2.22. The van der Waals surface area contributed by atoms with E-state index in [1.165, 1.54) is 7.11 Å². The second kappa shape index (κ2) is 5.32. The Kier molecular flexibility index (Phi) is 4.35. The molecular formula is C10H19NO3. The van der Waals surface area contributed by atoms with Gasteiger partial charge in [-0.2, -0.15) is 0 Å². The Morgan fingerprint density at radius 1 is 1.43 bits per heavy atom. The number of morpholine rings is 1. The van der Waals surface area contributed by atoms with Gasteiger partial charge in [0.1, 0.15) is 0 Å². The molecule has 0 aromatic rings. The molecule has 0 bridgehead atoms. The molecule has 1 fully saturated rings. The monoisotopic (exact) mass is 201 g/mol. The zero-order valence-corrected chi connectivity index (χ0v) is 9.16. The van der Waals surface area contributed by atoms with E-state index in [0.29, 0.717) is 6.42 Å². The van der Waals surface area contributed by atoms with Gasteiger partial charge in [-0.3, -0.25) is 9.69 Å². The van der Waals surface area contributed by atoms with Crippen molar-refractivity contribution in [1.29, 1.82) is 0 Å². The average molecular weight is 201 g/mol. The topological polar surface area (TPSA) is 38.8 Å². The summed E-state index contributed by atoms with van der Waals surface area (Å²) in [4.78, 5) is 13.2. The summed E-state index contributed by atoms with van der Waals surface area (Å²) in [5.41, 5.74) is 0. The zero-order chi connectivity index (χ0) is 10.6. The van der Waals surface area contributed by atoms with Gasteiger partial charge in [-0.25, -0.2) is 0 Å². The van der Waals surface area contributed by atoms with Crippen molar-refractivity contribution < 1.29 is 14.3 Å². The second-order valence-electron chi connectivity index (χ2n) is 3.84. The van der Waals surface area contributed by atoms with Crippen molar-refractivity contribution in [2.45, 2.75) is 32.5 Å². The van der Waals surface area contributed by atoms with Crippen molar-refractivity contribution in [1.82, 2.24) is 4.90 Å². The third-order valence-corrected chi connectivity index (χ3v) is 2.36. The van der Waals surface area contributed by atoms with Gasteiger partial charge in [0.2, 0.25) is 0 Å². The fraction of sp³-hybridized carbons (Fsp3) is 0.900. The number of carbonyl (C=O) groups is 1. The molecule has 0 saturated carbocycles. The van der Waals surface area contributed by atoms with Crippen LogP contribution < -0.4 is 0 Å². The van der Waals surface area contributed by atoms with E-state index in [1.807, 2.05) is 0 Å². The predicted molar refractivity (Wildman–Crippen MR) is 53.1 cm³/mol. The molecule has 2 atom stereocenters. The first-order valence-electron chi connectivity index (χ1n) is 5.06. The number of methoxy groups -OCH3 is 1. The van der Waals surface area contributed by atoms with E-state index in [0.717, 1.165) is 19.6 Å². The molecule has 0 aromatic heterocycles. The molecule has 0 radical (unpaired) electrons. The highest BCUT2D eigenvalue weighted by Crippen LogP contribution is 2.10. The molecule has 0 N–H and O–H groups in total. The van der Waals surface area contributed by atoms with Gasteiger partial charge < -0.3 is 9.47 Å². The average Bonchev–Trinajstić information content (AvgIpc) is 2.12. The van der Waals surface area contributed by atoms with Crippen LogP contribution in [0.3, 0.4) is 0 Å². The lowest BCUT2D eigenvalue weighted by Crippen LogP contribution is -2.46. The molecule has 1 rings (SSSR count). The fourth-order valence-corrected chi connectivity index (χ4v) is 1.82. The number of hydrogen-bond acceptors (Lipinski definition) is 4. The van der Waals surface area contributed by atoms with Crippen LogP contribution in [0.4, 0.5) is 0 Å². The molecule has 4 heteroatoms. The van der Waals surface area contributed by atoms with E-state index in [-0.39, 0.29) is 18.2 Å². The van der Waals surface area contributed by atoms with Crippen LogP contribution >= 0.6 is 0 Å². The molecular weight excluding hydrogens is 182 g/mol. The van der Waals surface area contributed by atoms with Crippen LogP contribution in [0.5, 0.6) is 0 Å². The SMILES string of the molecule is COC(=O)CCN1CC(C)OC(C)C1. The summed E-state index contributed by atoms with van der Waals surface area (Å²) in [5.74, 6) is -0.142. The molecule has 1 heterocycles. The van der Waals surface area contributed by atoms with Gasteiger partial charge in [0.15, 0.2) is 0 Å². The minimum atomic E-state index is -0.142. The largest absolute Gasteiger partial charge is 0.469 e. The van der Waals surface area contributed by atoms with Gasteiger partial charge in [-0.1, -0.05) is 0 Å². The molecule has 14 heavy (non-hydrogen) atoms.